The van der Waals surface area contributed by atoms with Crippen LogP contribution in [0.25, 0.3) is 0 Å². The lowest BCUT2D eigenvalue weighted by atomic mass is 10.3. The van der Waals surface area contributed by atoms with E-state index in [9.17, 15) is 22.4 Å². The van der Waals surface area contributed by atoms with Gasteiger partial charge in [-0.1, -0.05) is 7.43 Å². The molecular formula is C15H20FN3O6S. The molecule has 0 saturated carbocycles. The smallest absolute Gasteiger partial charge is 0.280 e. The summed E-state index contributed by atoms with van der Waals surface area (Å²) in [6, 6.07) is 4.06. The Balaban J connectivity index is 0.00000243. The summed E-state index contributed by atoms with van der Waals surface area (Å²) in [6.07, 6.45) is -0.433. The van der Waals surface area contributed by atoms with Crippen LogP contribution in [0, 0.1) is 5.82 Å². The number of nitrogens with zero attached hydrogens (tertiary/aromatic N) is 2. The lowest BCUT2D eigenvalue weighted by molar-refractivity contribution is -0.171. The van der Waals surface area contributed by atoms with Crippen molar-refractivity contribution in [2.75, 3.05) is 13.1 Å². The lowest BCUT2D eigenvalue weighted by Crippen LogP contribution is -2.47. The first-order chi connectivity index (χ1) is 11.8. The van der Waals surface area contributed by atoms with Gasteiger partial charge < -0.3 is 4.74 Å². The monoisotopic (exact) mass is 389 g/mol. The van der Waals surface area contributed by atoms with Gasteiger partial charge in [-0.2, -0.15) is 22.5 Å². The van der Waals surface area contributed by atoms with Gasteiger partial charge >= 0.3 is 0 Å². The second-order valence-electron chi connectivity index (χ2n) is 5.76. The fourth-order valence-electron chi connectivity index (χ4n) is 2.68. The first-order valence-electron chi connectivity index (χ1n) is 7.51. The van der Waals surface area contributed by atoms with E-state index in [0.29, 0.717) is 12.2 Å². The van der Waals surface area contributed by atoms with Gasteiger partial charge in [-0.25, -0.2) is 4.39 Å². The SMILES string of the molecule is C.O=C1C[C@@H](NS(=O)(=O)N2CCC(Oc3ccc(F)cc3)C2)C(=O)N1O. The van der Waals surface area contributed by atoms with Crippen LogP contribution in [-0.4, -0.2) is 60.0 Å². The van der Waals surface area contributed by atoms with Crippen LogP contribution < -0.4 is 9.46 Å². The Hall–Kier alpha value is -2.08. The molecule has 0 bridgehead atoms. The Labute approximate surface area is 150 Å². The summed E-state index contributed by atoms with van der Waals surface area (Å²) < 4.78 is 46.4. The zero-order valence-corrected chi connectivity index (χ0v) is 13.8. The molecule has 2 N–H and O–H groups in total. The first kappa shape index (κ1) is 20.2. The van der Waals surface area contributed by atoms with Gasteiger partial charge in [0.25, 0.3) is 22.0 Å². The molecule has 11 heteroatoms. The molecular weight excluding hydrogens is 369 g/mol. The molecule has 0 aliphatic carbocycles. The predicted molar refractivity (Wildman–Crippen MR) is 87.8 cm³/mol. The summed E-state index contributed by atoms with van der Waals surface area (Å²) in [6.45, 7) is 0.212. The summed E-state index contributed by atoms with van der Waals surface area (Å²) in [4.78, 5) is 22.8. The third kappa shape index (κ3) is 4.18. The third-order valence-electron chi connectivity index (χ3n) is 3.98. The lowest BCUT2D eigenvalue weighted by Gasteiger charge is -2.19. The van der Waals surface area contributed by atoms with Crippen LogP contribution >= 0.6 is 0 Å². The van der Waals surface area contributed by atoms with Gasteiger partial charge in [0.15, 0.2) is 0 Å². The van der Waals surface area contributed by atoms with E-state index in [1.54, 1.807) is 0 Å². The van der Waals surface area contributed by atoms with Gasteiger partial charge in [0, 0.05) is 6.54 Å². The fourth-order valence-corrected chi connectivity index (χ4v) is 4.08. The zero-order chi connectivity index (χ0) is 18.2. The number of carbonyl (C=O) groups excluding carboxylic acids is 2. The van der Waals surface area contributed by atoms with Gasteiger partial charge in [-0.15, -0.1) is 0 Å². The van der Waals surface area contributed by atoms with Crippen LogP contribution in [0.15, 0.2) is 24.3 Å². The van der Waals surface area contributed by atoms with Crippen molar-refractivity contribution in [1.29, 1.82) is 0 Å². The van der Waals surface area contributed by atoms with E-state index in [2.05, 4.69) is 4.72 Å². The molecule has 1 unspecified atom stereocenters. The van der Waals surface area contributed by atoms with Crippen LogP contribution in [0.3, 0.4) is 0 Å². The fraction of sp³-hybridized carbons (Fsp3) is 0.467. The van der Waals surface area contributed by atoms with Crippen LogP contribution in [0.5, 0.6) is 5.75 Å². The first-order valence-corrected chi connectivity index (χ1v) is 8.95. The number of hydroxylamine groups is 2. The molecule has 1 aromatic rings. The number of imide groups is 1. The molecule has 1 aromatic carbocycles. The van der Waals surface area contributed by atoms with E-state index in [-0.39, 0.29) is 25.6 Å². The Morgan fingerprint density at radius 3 is 2.46 bits per heavy atom. The summed E-state index contributed by atoms with van der Waals surface area (Å²) in [5.74, 6) is -1.85. The molecule has 2 fully saturated rings. The van der Waals surface area contributed by atoms with Crippen LogP contribution in [-0.2, 0) is 19.8 Å². The highest BCUT2D eigenvalue weighted by atomic mass is 32.2. The van der Waals surface area contributed by atoms with Crippen molar-refractivity contribution >= 4 is 22.0 Å². The van der Waals surface area contributed by atoms with E-state index in [4.69, 9.17) is 9.94 Å². The van der Waals surface area contributed by atoms with Crippen molar-refractivity contribution in [3.8, 4) is 5.75 Å². The molecule has 2 amide bonds. The summed E-state index contributed by atoms with van der Waals surface area (Å²) in [7, 11) is -4.02. The predicted octanol–water partition coefficient (Wildman–Crippen LogP) is 0.266. The molecule has 144 valence electrons. The molecule has 2 aliphatic heterocycles. The van der Waals surface area contributed by atoms with E-state index in [1.807, 2.05) is 0 Å². The molecule has 26 heavy (non-hydrogen) atoms. The van der Waals surface area contributed by atoms with Gasteiger partial charge in [-0.3, -0.25) is 14.8 Å². The maximum Gasteiger partial charge on any atom is 0.280 e. The van der Waals surface area contributed by atoms with Gasteiger partial charge in [0.05, 0.1) is 13.0 Å². The van der Waals surface area contributed by atoms with Crippen LogP contribution in [0.1, 0.15) is 20.3 Å². The molecule has 0 aromatic heterocycles. The van der Waals surface area contributed by atoms with Crippen molar-refractivity contribution in [2.45, 2.75) is 32.4 Å². The number of hydrogen-bond donors (Lipinski definition) is 2. The minimum Gasteiger partial charge on any atom is -0.489 e. The van der Waals surface area contributed by atoms with Crippen LogP contribution in [0.4, 0.5) is 4.39 Å². The number of carbonyl (C=O) groups is 2. The normalized spacial score (nSPS) is 24.0. The average molecular weight is 389 g/mol. The third-order valence-corrected chi connectivity index (χ3v) is 5.57. The standard InChI is InChI=1S/C14H16FN3O6S.CH4/c15-9-1-3-10(4-2-9)24-11-5-6-17(8-11)25(22,23)16-12-7-13(19)18(21)14(12)20;/h1-4,11-12,16,21H,5-8H2;1H4/t11?,12-;/m1./s1. The van der Waals surface area contributed by atoms with E-state index >= 15 is 0 Å². The second kappa shape index (κ2) is 7.66. The number of ether oxygens (including phenoxy) is 1. The number of halogens is 1. The summed E-state index contributed by atoms with van der Waals surface area (Å²) in [5.41, 5.74) is 0. The molecule has 0 radical (unpaired) electrons. The van der Waals surface area contributed by atoms with Gasteiger partial charge in [0.2, 0.25) is 0 Å². The zero-order valence-electron chi connectivity index (χ0n) is 13.0. The van der Waals surface area contributed by atoms with E-state index in [0.717, 1.165) is 4.31 Å². The number of nitrogens with one attached hydrogen (secondary N) is 1. The number of rotatable bonds is 5. The highest BCUT2D eigenvalue weighted by Crippen LogP contribution is 2.21. The average Bonchev–Trinajstić information content (AvgIpc) is 3.12. The largest absolute Gasteiger partial charge is 0.489 e. The Morgan fingerprint density at radius 2 is 1.88 bits per heavy atom. The molecule has 2 heterocycles. The van der Waals surface area contributed by atoms with Crippen molar-refractivity contribution in [2.24, 2.45) is 0 Å². The molecule has 2 saturated heterocycles. The molecule has 0 spiro atoms. The Kier molecular flexibility index (Phi) is 5.96. The van der Waals surface area contributed by atoms with E-state index < -0.39 is 46.4 Å². The van der Waals surface area contributed by atoms with Gasteiger partial charge in [-0.05, 0) is 30.7 Å². The van der Waals surface area contributed by atoms with Gasteiger partial charge in [0.1, 0.15) is 23.7 Å². The topological polar surface area (TPSA) is 116 Å². The van der Waals surface area contributed by atoms with Crippen molar-refractivity contribution < 1.29 is 32.3 Å². The summed E-state index contributed by atoms with van der Waals surface area (Å²) in [5, 5.41) is 9.08. The van der Waals surface area contributed by atoms with Crippen molar-refractivity contribution in [1.82, 2.24) is 14.1 Å². The Bertz CT molecular complexity index is 785. The highest BCUT2D eigenvalue weighted by Gasteiger charge is 2.42. The number of hydrogen-bond acceptors (Lipinski definition) is 6. The molecule has 3 rings (SSSR count). The quantitative estimate of drug-likeness (QED) is 0.551. The van der Waals surface area contributed by atoms with Crippen molar-refractivity contribution in [3.63, 3.8) is 0 Å². The Morgan fingerprint density at radius 1 is 1.23 bits per heavy atom. The molecule has 2 atom stereocenters. The van der Waals surface area contributed by atoms with Crippen molar-refractivity contribution in [3.05, 3.63) is 30.1 Å². The highest BCUT2D eigenvalue weighted by molar-refractivity contribution is 7.87. The number of amides is 2. The van der Waals surface area contributed by atoms with E-state index in [1.165, 1.54) is 24.3 Å². The maximum absolute atomic E-state index is 12.9. The second-order valence-corrected chi connectivity index (χ2v) is 7.47. The molecule has 9 nitrogen and oxygen atoms in total. The molecule has 2 aliphatic rings. The minimum absolute atomic E-state index is 0. The minimum atomic E-state index is -4.02. The number of benzene rings is 1. The summed E-state index contributed by atoms with van der Waals surface area (Å²) >= 11 is 0. The maximum atomic E-state index is 12.9. The van der Waals surface area contributed by atoms with Crippen LogP contribution in [0.2, 0.25) is 0 Å².